The number of nitrogens with one attached hydrogen (secondary N) is 2. The second-order valence-corrected chi connectivity index (χ2v) is 4.22. The Morgan fingerprint density at radius 3 is 2.55 bits per heavy atom. The van der Waals surface area contributed by atoms with Gasteiger partial charge >= 0.3 is 0 Å². The van der Waals surface area contributed by atoms with Crippen molar-refractivity contribution in [2.75, 3.05) is 11.1 Å². The first kappa shape index (κ1) is 13.6. The van der Waals surface area contributed by atoms with Crippen LogP contribution in [-0.4, -0.2) is 15.7 Å². The standard InChI is InChI=1S/C13H14N4O3/c14-9-1-3-10(4-2-9)15-11(18)7-8-17-13(20)6-5-12(19)16-17/h1-6H,7-8,14H2,(H,15,18)(H,16,19). The Morgan fingerprint density at radius 1 is 1.15 bits per heavy atom. The van der Waals surface area contributed by atoms with E-state index in [4.69, 9.17) is 5.73 Å². The van der Waals surface area contributed by atoms with Crippen LogP contribution in [0.1, 0.15) is 6.42 Å². The average Bonchev–Trinajstić information content (AvgIpc) is 2.42. The largest absolute Gasteiger partial charge is 0.399 e. The molecule has 2 rings (SSSR count). The zero-order valence-electron chi connectivity index (χ0n) is 10.6. The van der Waals surface area contributed by atoms with Crippen molar-refractivity contribution < 1.29 is 4.79 Å². The van der Waals surface area contributed by atoms with Gasteiger partial charge in [0.25, 0.3) is 11.1 Å². The van der Waals surface area contributed by atoms with Gasteiger partial charge in [0.1, 0.15) is 0 Å². The third kappa shape index (κ3) is 3.58. The van der Waals surface area contributed by atoms with Crippen molar-refractivity contribution >= 4 is 17.3 Å². The molecule has 0 aliphatic rings. The molecule has 0 spiro atoms. The number of hydrogen-bond acceptors (Lipinski definition) is 4. The summed E-state index contributed by atoms with van der Waals surface area (Å²) >= 11 is 0. The number of benzene rings is 1. The Kier molecular flexibility index (Phi) is 3.99. The Balaban J connectivity index is 1.95. The van der Waals surface area contributed by atoms with E-state index in [9.17, 15) is 14.4 Å². The number of anilines is 2. The smallest absolute Gasteiger partial charge is 0.265 e. The van der Waals surface area contributed by atoms with E-state index in [2.05, 4.69) is 10.4 Å². The molecule has 1 aromatic heterocycles. The molecule has 20 heavy (non-hydrogen) atoms. The summed E-state index contributed by atoms with van der Waals surface area (Å²) < 4.78 is 1.10. The highest BCUT2D eigenvalue weighted by atomic mass is 16.2. The predicted molar refractivity (Wildman–Crippen MR) is 75.4 cm³/mol. The number of aromatic nitrogens is 2. The molecule has 4 N–H and O–H groups in total. The van der Waals surface area contributed by atoms with Gasteiger partial charge in [-0.2, -0.15) is 0 Å². The first-order chi connectivity index (χ1) is 9.54. The Morgan fingerprint density at radius 2 is 1.85 bits per heavy atom. The fourth-order valence-electron chi connectivity index (χ4n) is 1.63. The van der Waals surface area contributed by atoms with E-state index in [1.807, 2.05) is 0 Å². The topological polar surface area (TPSA) is 110 Å². The van der Waals surface area contributed by atoms with Gasteiger partial charge in [0, 0.05) is 29.9 Å². The van der Waals surface area contributed by atoms with Crippen LogP contribution in [0.15, 0.2) is 46.0 Å². The maximum Gasteiger partial charge on any atom is 0.265 e. The maximum atomic E-state index is 11.7. The summed E-state index contributed by atoms with van der Waals surface area (Å²) in [5.41, 5.74) is 6.03. The fourth-order valence-corrected chi connectivity index (χ4v) is 1.63. The van der Waals surface area contributed by atoms with Crippen LogP contribution in [-0.2, 0) is 11.3 Å². The number of nitrogens with two attached hydrogens (primary N) is 1. The number of H-pyrrole nitrogens is 1. The van der Waals surface area contributed by atoms with E-state index in [-0.39, 0.29) is 30.0 Å². The van der Waals surface area contributed by atoms with E-state index >= 15 is 0 Å². The molecule has 0 unspecified atom stereocenters. The molecule has 0 saturated carbocycles. The quantitative estimate of drug-likeness (QED) is 0.689. The first-order valence-electron chi connectivity index (χ1n) is 6.00. The zero-order valence-corrected chi connectivity index (χ0v) is 10.6. The minimum atomic E-state index is -0.386. The van der Waals surface area contributed by atoms with Crippen molar-refractivity contribution in [3.63, 3.8) is 0 Å². The maximum absolute atomic E-state index is 11.7. The summed E-state index contributed by atoms with van der Waals surface area (Å²) in [5.74, 6) is -0.258. The van der Waals surface area contributed by atoms with E-state index in [0.717, 1.165) is 16.8 Å². The number of aromatic amines is 1. The van der Waals surface area contributed by atoms with Crippen molar-refractivity contribution in [3.05, 3.63) is 57.1 Å². The average molecular weight is 274 g/mol. The molecule has 0 saturated heterocycles. The van der Waals surface area contributed by atoms with Gasteiger partial charge in [0.15, 0.2) is 0 Å². The molecule has 104 valence electrons. The number of nitrogen functional groups attached to an aromatic ring is 1. The van der Waals surface area contributed by atoms with Gasteiger partial charge in [-0.15, -0.1) is 0 Å². The molecule has 0 bridgehead atoms. The Labute approximate surface area is 114 Å². The van der Waals surface area contributed by atoms with Gasteiger partial charge in [-0.05, 0) is 24.3 Å². The van der Waals surface area contributed by atoms with E-state index in [1.54, 1.807) is 24.3 Å². The van der Waals surface area contributed by atoms with Crippen LogP contribution >= 0.6 is 0 Å². The SMILES string of the molecule is Nc1ccc(NC(=O)CCn2[nH]c(=O)ccc2=O)cc1. The van der Waals surface area contributed by atoms with Crippen molar-refractivity contribution in [2.24, 2.45) is 0 Å². The van der Waals surface area contributed by atoms with Crippen molar-refractivity contribution in [1.82, 2.24) is 9.78 Å². The minimum Gasteiger partial charge on any atom is -0.399 e. The Hall–Kier alpha value is -2.83. The number of rotatable bonds is 4. The van der Waals surface area contributed by atoms with Crippen molar-refractivity contribution in [3.8, 4) is 0 Å². The summed E-state index contributed by atoms with van der Waals surface area (Å²) in [5, 5.41) is 5.03. The highest BCUT2D eigenvalue weighted by molar-refractivity contribution is 5.90. The molecule has 0 atom stereocenters. The fraction of sp³-hybridized carbons (Fsp3) is 0.154. The second-order valence-electron chi connectivity index (χ2n) is 4.22. The lowest BCUT2D eigenvalue weighted by Gasteiger charge is -2.07. The summed E-state index contributed by atoms with van der Waals surface area (Å²) in [6.45, 7) is 0.107. The summed E-state index contributed by atoms with van der Waals surface area (Å²) in [7, 11) is 0. The molecule has 0 aliphatic carbocycles. The number of hydrogen-bond donors (Lipinski definition) is 3. The lowest BCUT2D eigenvalue weighted by atomic mass is 10.3. The monoisotopic (exact) mass is 274 g/mol. The predicted octanol–water partition coefficient (Wildman–Crippen LogP) is 0.148. The van der Waals surface area contributed by atoms with Gasteiger partial charge in [0.2, 0.25) is 5.91 Å². The summed E-state index contributed by atoms with van der Waals surface area (Å²) in [4.78, 5) is 34.2. The molecule has 2 aromatic rings. The minimum absolute atomic E-state index is 0.0736. The molecule has 7 nitrogen and oxygen atoms in total. The normalized spacial score (nSPS) is 10.2. The molecular weight excluding hydrogens is 260 g/mol. The molecule has 1 amide bonds. The van der Waals surface area contributed by atoms with Crippen LogP contribution in [0.2, 0.25) is 0 Å². The second kappa shape index (κ2) is 5.87. The van der Waals surface area contributed by atoms with Crippen LogP contribution in [0.3, 0.4) is 0 Å². The van der Waals surface area contributed by atoms with Gasteiger partial charge in [-0.1, -0.05) is 0 Å². The van der Waals surface area contributed by atoms with Crippen LogP contribution < -0.4 is 22.2 Å². The number of aryl methyl sites for hydroxylation is 1. The number of carbonyl (C=O) groups is 1. The molecule has 1 heterocycles. The third-order valence-corrected chi connectivity index (χ3v) is 2.65. The number of carbonyl (C=O) groups excluding carboxylic acids is 1. The number of nitrogens with zero attached hydrogens (tertiary/aromatic N) is 1. The van der Waals surface area contributed by atoms with Crippen molar-refractivity contribution in [1.29, 1.82) is 0 Å². The summed E-state index contributed by atoms with van der Waals surface area (Å²) in [6, 6.07) is 9.03. The van der Waals surface area contributed by atoms with Gasteiger partial charge in [-0.3, -0.25) is 19.5 Å². The molecule has 0 fully saturated rings. The zero-order chi connectivity index (χ0) is 14.5. The molecule has 1 aromatic carbocycles. The molecular formula is C13H14N4O3. The first-order valence-corrected chi connectivity index (χ1v) is 6.00. The molecule has 0 radical (unpaired) electrons. The van der Waals surface area contributed by atoms with Gasteiger partial charge < -0.3 is 11.1 Å². The van der Waals surface area contributed by atoms with Crippen LogP contribution in [0, 0.1) is 0 Å². The van der Waals surface area contributed by atoms with E-state index in [1.165, 1.54) is 0 Å². The lowest BCUT2D eigenvalue weighted by molar-refractivity contribution is -0.116. The molecule has 7 heteroatoms. The highest BCUT2D eigenvalue weighted by Gasteiger charge is 2.04. The third-order valence-electron chi connectivity index (χ3n) is 2.65. The van der Waals surface area contributed by atoms with Crippen LogP contribution in [0.25, 0.3) is 0 Å². The summed E-state index contributed by atoms with van der Waals surface area (Å²) in [6.07, 6.45) is 0.0736. The van der Waals surface area contributed by atoms with Crippen molar-refractivity contribution in [2.45, 2.75) is 13.0 Å². The van der Waals surface area contributed by atoms with E-state index < -0.39 is 0 Å². The number of amides is 1. The molecule has 0 aliphatic heterocycles. The van der Waals surface area contributed by atoms with Gasteiger partial charge in [0.05, 0.1) is 6.54 Å². The Bertz CT molecular complexity index is 715. The highest BCUT2D eigenvalue weighted by Crippen LogP contribution is 2.10. The van der Waals surface area contributed by atoms with E-state index in [0.29, 0.717) is 11.4 Å². The van der Waals surface area contributed by atoms with Crippen LogP contribution in [0.5, 0.6) is 0 Å². The van der Waals surface area contributed by atoms with Crippen LogP contribution in [0.4, 0.5) is 11.4 Å². The van der Waals surface area contributed by atoms with Gasteiger partial charge in [-0.25, -0.2) is 4.68 Å². The lowest BCUT2D eigenvalue weighted by Crippen LogP contribution is -2.29.